The van der Waals surface area contributed by atoms with Gasteiger partial charge in [0.15, 0.2) is 0 Å². The van der Waals surface area contributed by atoms with Gasteiger partial charge in [-0.1, -0.05) is 6.42 Å². The molecular formula is C11H15N3O4S. The zero-order valence-electron chi connectivity index (χ0n) is 10.3. The number of nitro benzene ring substituents is 1. The van der Waals surface area contributed by atoms with Crippen LogP contribution in [-0.2, 0) is 10.0 Å². The van der Waals surface area contributed by atoms with E-state index < -0.39 is 14.9 Å². The molecule has 8 heteroatoms. The molecule has 1 saturated heterocycles. The molecule has 19 heavy (non-hydrogen) atoms. The molecule has 0 bridgehead atoms. The molecule has 0 spiro atoms. The highest BCUT2D eigenvalue weighted by molar-refractivity contribution is 7.89. The van der Waals surface area contributed by atoms with Crippen molar-refractivity contribution in [2.24, 2.45) is 0 Å². The first kappa shape index (κ1) is 13.8. The minimum absolute atomic E-state index is 0.0556. The van der Waals surface area contributed by atoms with Crippen LogP contribution in [0.2, 0.25) is 0 Å². The zero-order valence-corrected chi connectivity index (χ0v) is 11.1. The van der Waals surface area contributed by atoms with Crippen molar-refractivity contribution in [3.63, 3.8) is 0 Å². The molecule has 0 atom stereocenters. The number of nitrogens with two attached hydrogens (primary N) is 1. The monoisotopic (exact) mass is 285 g/mol. The van der Waals surface area contributed by atoms with E-state index in [1.165, 1.54) is 10.4 Å². The Labute approximate surface area is 111 Å². The van der Waals surface area contributed by atoms with Crippen molar-refractivity contribution >= 4 is 21.4 Å². The fraction of sp³-hybridized carbons (Fsp3) is 0.455. The zero-order chi connectivity index (χ0) is 14.0. The van der Waals surface area contributed by atoms with Crippen LogP contribution in [0.25, 0.3) is 0 Å². The maximum Gasteiger partial charge on any atom is 0.271 e. The summed E-state index contributed by atoms with van der Waals surface area (Å²) in [5, 5.41) is 10.6. The molecule has 1 aromatic rings. The Kier molecular flexibility index (Phi) is 3.72. The lowest BCUT2D eigenvalue weighted by atomic mass is 10.2. The van der Waals surface area contributed by atoms with Gasteiger partial charge < -0.3 is 5.73 Å². The molecule has 1 aliphatic heterocycles. The first-order valence-electron chi connectivity index (χ1n) is 5.97. The van der Waals surface area contributed by atoms with Crippen molar-refractivity contribution in [3.8, 4) is 0 Å². The highest BCUT2D eigenvalue weighted by Crippen LogP contribution is 2.28. The van der Waals surface area contributed by atoms with Crippen LogP contribution in [0.1, 0.15) is 19.3 Å². The lowest BCUT2D eigenvalue weighted by Gasteiger charge is -2.26. The van der Waals surface area contributed by atoms with E-state index in [2.05, 4.69) is 0 Å². The van der Waals surface area contributed by atoms with Crippen LogP contribution < -0.4 is 5.73 Å². The average molecular weight is 285 g/mol. The number of benzene rings is 1. The van der Waals surface area contributed by atoms with Crippen molar-refractivity contribution in [2.45, 2.75) is 24.2 Å². The molecule has 0 amide bonds. The van der Waals surface area contributed by atoms with Crippen LogP contribution in [0, 0.1) is 10.1 Å². The molecule has 1 heterocycles. The van der Waals surface area contributed by atoms with Crippen LogP contribution in [0.4, 0.5) is 11.4 Å². The Morgan fingerprint density at radius 2 is 1.84 bits per heavy atom. The Bertz CT molecular complexity index is 594. The molecule has 7 nitrogen and oxygen atoms in total. The summed E-state index contributed by atoms with van der Waals surface area (Å²) in [4.78, 5) is 9.95. The van der Waals surface area contributed by atoms with Gasteiger partial charge in [0.25, 0.3) is 5.69 Å². The second kappa shape index (κ2) is 5.14. The fourth-order valence-electron chi connectivity index (χ4n) is 2.13. The van der Waals surface area contributed by atoms with Gasteiger partial charge in [0.1, 0.15) is 4.90 Å². The van der Waals surface area contributed by atoms with Gasteiger partial charge in [-0.3, -0.25) is 10.1 Å². The largest absolute Gasteiger partial charge is 0.397 e. The average Bonchev–Trinajstić information content (AvgIpc) is 2.39. The van der Waals surface area contributed by atoms with E-state index in [9.17, 15) is 18.5 Å². The van der Waals surface area contributed by atoms with Crippen LogP contribution in [-0.4, -0.2) is 30.7 Å². The standard InChI is InChI=1S/C11H15N3O4S/c12-10-8-9(14(15)16)4-5-11(10)19(17,18)13-6-2-1-3-7-13/h4-5,8H,1-3,6-7,12H2. The van der Waals surface area contributed by atoms with Crippen molar-refractivity contribution in [1.82, 2.24) is 4.31 Å². The van der Waals surface area contributed by atoms with Gasteiger partial charge in [0.05, 0.1) is 10.6 Å². The summed E-state index contributed by atoms with van der Waals surface area (Å²) in [5.41, 5.74) is 5.35. The maximum absolute atomic E-state index is 12.4. The number of hydrogen-bond donors (Lipinski definition) is 1. The Morgan fingerprint density at radius 3 is 2.37 bits per heavy atom. The molecule has 104 valence electrons. The molecule has 0 unspecified atom stereocenters. The van der Waals surface area contributed by atoms with Gasteiger partial charge in [0.2, 0.25) is 10.0 Å². The second-order valence-corrected chi connectivity index (χ2v) is 6.35. The first-order valence-corrected chi connectivity index (χ1v) is 7.41. The van der Waals surface area contributed by atoms with E-state index >= 15 is 0 Å². The molecule has 2 rings (SSSR count). The third kappa shape index (κ3) is 2.69. The Balaban J connectivity index is 2.37. The maximum atomic E-state index is 12.4. The van der Waals surface area contributed by atoms with Crippen molar-refractivity contribution in [1.29, 1.82) is 0 Å². The molecule has 0 aliphatic carbocycles. The predicted octanol–water partition coefficient (Wildman–Crippen LogP) is 1.35. The number of nitrogens with zero attached hydrogens (tertiary/aromatic N) is 2. The van der Waals surface area contributed by atoms with E-state index in [-0.39, 0.29) is 16.3 Å². The Hall–Kier alpha value is -1.67. The summed E-state index contributed by atoms with van der Waals surface area (Å²) in [6.45, 7) is 0.942. The van der Waals surface area contributed by atoms with Gasteiger partial charge in [-0.05, 0) is 18.9 Å². The van der Waals surface area contributed by atoms with Crippen LogP contribution in [0.15, 0.2) is 23.1 Å². The number of hydrogen-bond acceptors (Lipinski definition) is 5. The molecule has 0 radical (unpaired) electrons. The number of nitrogen functional groups attached to an aromatic ring is 1. The second-order valence-electron chi connectivity index (χ2n) is 4.44. The third-order valence-corrected chi connectivity index (χ3v) is 5.11. The molecule has 1 aromatic carbocycles. The lowest BCUT2D eigenvalue weighted by Crippen LogP contribution is -2.35. The molecule has 1 fully saturated rings. The van der Waals surface area contributed by atoms with Crippen molar-refractivity contribution in [2.75, 3.05) is 18.8 Å². The lowest BCUT2D eigenvalue weighted by molar-refractivity contribution is -0.384. The van der Waals surface area contributed by atoms with Crippen molar-refractivity contribution < 1.29 is 13.3 Å². The van der Waals surface area contributed by atoms with E-state index in [0.29, 0.717) is 13.1 Å². The highest BCUT2D eigenvalue weighted by Gasteiger charge is 2.28. The van der Waals surface area contributed by atoms with Crippen LogP contribution in [0.3, 0.4) is 0 Å². The quantitative estimate of drug-likeness (QED) is 0.512. The third-order valence-electron chi connectivity index (χ3n) is 3.14. The fourth-order valence-corrected chi connectivity index (χ4v) is 3.74. The van der Waals surface area contributed by atoms with Crippen molar-refractivity contribution in [3.05, 3.63) is 28.3 Å². The minimum Gasteiger partial charge on any atom is -0.397 e. The number of non-ortho nitro benzene ring substituents is 1. The molecule has 0 aromatic heterocycles. The number of anilines is 1. The van der Waals surface area contributed by atoms with E-state index in [1.807, 2.05) is 0 Å². The van der Waals surface area contributed by atoms with Crippen LogP contribution in [0.5, 0.6) is 0 Å². The van der Waals surface area contributed by atoms with Gasteiger partial charge in [-0.2, -0.15) is 4.31 Å². The summed E-state index contributed by atoms with van der Waals surface area (Å²) < 4.78 is 26.1. The molecule has 2 N–H and O–H groups in total. The van der Waals surface area contributed by atoms with E-state index in [0.717, 1.165) is 31.4 Å². The van der Waals surface area contributed by atoms with E-state index in [4.69, 9.17) is 5.73 Å². The number of rotatable bonds is 3. The van der Waals surface area contributed by atoms with Gasteiger partial charge in [0, 0.05) is 25.2 Å². The first-order chi connectivity index (χ1) is 8.93. The predicted molar refractivity (Wildman–Crippen MR) is 70.1 cm³/mol. The summed E-state index contributed by atoms with van der Waals surface area (Å²) in [7, 11) is -3.65. The normalized spacial score (nSPS) is 17.3. The number of nitro groups is 1. The molecule has 1 aliphatic rings. The summed E-state index contributed by atoms with van der Waals surface area (Å²) in [6.07, 6.45) is 2.67. The Morgan fingerprint density at radius 1 is 1.21 bits per heavy atom. The summed E-state index contributed by atoms with van der Waals surface area (Å²) in [6, 6.07) is 3.45. The summed E-state index contributed by atoms with van der Waals surface area (Å²) in [5.74, 6) is 0. The van der Waals surface area contributed by atoms with Gasteiger partial charge in [-0.15, -0.1) is 0 Å². The highest BCUT2D eigenvalue weighted by atomic mass is 32.2. The molecular weight excluding hydrogens is 270 g/mol. The number of sulfonamides is 1. The smallest absolute Gasteiger partial charge is 0.271 e. The minimum atomic E-state index is -3.65. The SMILES string of the molecule is Nc1cc([N+](=O)[O-])ccc1S(=O)(=O)N1CCCCC1. The van der Waals surface area contributed by atoms with Gasteiger partial charge >= 0.3 is 0 Å². The van der Waals surface area contributed by atoms with Gasteiger partial charge in [-0.25, -0.2) is 8.42 Å². The van der Waals surface area contributed by atoms with Crippen LogP contribution >= 0.6 is 0 Å². The number of piperidine rings is 1. The topological polar surface area (TPSA) is 107 Å². The van der Waals surface area contributed by atoms with E-state index in [1.54, 1.807) is 0 Å². The molecule has 0 saturated carbocycles. The summed E-state index contributed by atoms with van der Waals surface area (Å²) >= 11 is 0.